The first-order valence-electron chi connectivity index (χ1n) is 5.39. The van der Waals surface area contributed by atoms with Crippen molar-refractivity contribution in [3.63, 3.8) is 0 Å². The zero-order valence-corrected chi connectivity index (χ0v) is 8.66. The smallest absolute Gasteiger partial charge is 0.0115 e. The number of benzene rings is 1. The first-order valence-corrected chi connectivity index (χ1v) is 5.39. The minimum atomic E-state index is 1.20. The van der Waals surface area contributed by atoms with E-state index in [4.69, 9.17) is 0 Å². The summed E-state index contributed by atoms with van der Waals surface area (Å²) in [5.74, 6) is 0. The van der Waals surface area contributed by atoms with Crippen LogP contribution in [0.25, 0.3) is 11.6 Å². The predicted molar refractivity (Wildman–Crippen MR) is 63.0 cm³/mol. The standard InChI is InChI=1S/C14H16/c1-2-3-4-7-12-10-11-13-8-5-6-9-14(12)13/h5-11H,2-4H2,1H3. The Morgan fingerprint density at radius 3 is 2.86 bits per heavy atom. The number of hydrogen-bond acceptors (Lipinski definition) is 0. The zero-order chi connectivity index (χ0) is 9.80. The van der Waals surface area contributed by atoms with Crippen LogP contribution in [-0.4, -0.2) is 0 Å². The summed E-state index contributed by atoms with van der Waals surface area (Å²) in [6.45, 7) is 2.23. The van der Waals surface area contributed by atoms with Crippen molar-refractivity contribution >= 4 is 11.6 Å². The Bertz CT molecular complexity index is 369. The molecule has 14 heavy (non-hydrogen) atoms. The van der Waals surface area contributed by atoms with Crippen molar-refractivity contribution in [1.29, 1.82) is 0 Å². The van der Waals surface area contributed by atoms with E-state index in [9.17, 15) is 0 Å². The van der Waals surface area contributed by atoms with Crippen LogP contribution in [0.15, 0.2) is 36.4 Å². The molecule has 0 N–H and O–H groups in total. The van der Waals surface area contributed by atoms with Crippen LogP contribution in [0.3, 0.4) is 0 Å². The van der Waals surface area contributed by atoms with E-state index in [1.807, 2.05) is 0 Å². The van der Waals surface area contributed by atoms with Crippen LogP contribution in [0.1, 0.15) is 37.3 Å². The maximum absolute atomic E-state index is 2.35. The molecule has 0 saturated carbocycles. The Hall–Kier alpha value is -1.30. The Kier molecular flexibility index (Phi) is 2.83. The molecule has 72 valence electrons. The van der Waals surface area contributed by atoms with E-state index in [0.717, 1.165) is 0 Å². The predicted octanol–water partition coefficient (Wildman–Crippen LogP) is 4.29. The van der Waals surface area contributed by atoms with Crippen molar-refractivity contribution in [2.45, 2.75) is 26.2 Å². The summed E-state index contributed by atoms with van der Waals surface area (Å²) in [6, 6.07) is 8.58. The van der Waals surface area contributed by atoms with E-state index >= 15 is 0 Å². The van der Waals surface area contributed by atoms with Crippen LogP contribution in [0, 0.1) is 0 Å². The van der Waals surface area contributed by atoms with Gasteiger partial charge >= 0.3 is 0 Å². The van der Waals surface area contributed by atoms with Gasteiger partial charge in [0.15, 0.2) is 0 Å². The molecule has 0 aliphatic heterocycles. The number of fused-ring (bicyclic) bond motifs is 1. The molecule has 0 aromatic heterocycles. The Morgan fingerprint density at radius 1 is 1.14 bits per heavy atom. The van der Waals surface area contributed by atoms with Gasteiger partial charge in [-0.05, 0) is 23.1 Å². The minimum absolute atomic E-state index is 1.20. The van der Waals surface area contributed by atoms with Crippen LogP contribution >= 0.6 is 0 Å². The van der Waals surface area contributed by atoms with Crippen molar-refractivity contribution < 1.29 is 0 Å². The summed E-state index contributed by atoms with van der Waals surface area (Å²) in [4.78, 5) is 0. The van der Waals surface area contributed by atoms with Gasteiger partial charge in [-0.1, -0.05) is 62.3 Å². The Balaban J connectivity index is 2.18. The lowest BCUT2D eigenvalue weighted by atomic mass is 10.0. The van der Waals surface area contributed by atoms with Crippen molar-refractivity contribution in [3.05, 3.63) is 47.5 Å². The highest BCUT2D eigenvalue weighted by atomic mass is 14.1. The van der Waals surface area contributed by atoms with Gasteiger partial charge in [-0.2, -0.15) is 0 Å². The second-order valence-corrected chi connectivity index (χ2v) is 3.72. The first kappa shape index (κ1) is 9.26. The van der Waals surface area contributed by atoms with Gasteiger partial charge in [-0.3, -0.25) is 0 Å². The van der Waals surface area contributed by atoms with Crippen molar-refractivity contribution in [1.82, 2.24) is 0 Å². The Labute approximate surface area is 86.0 Å². The SMILES string of the molecule is CCCCC=C1C=Cc2ccccc21. The third kappa shape index (κ3) is 1.79. The second kappa shape index (κ2) is 4.28. The molecule has 0 heteroatoms. The van der Waals surface area contributed by atoms with Gasteiger partial charge in [0, 0.05) is 0 Å². The molecule has 2 rings (SSSR count). The lowest BCUT2D eigenvalue weighted by molar-refractivity contribution is 0.816. The number of rotatable bonds is 3. The fraction of sp³-hybridized carbons (Fsp3) is 0.286. The molecule has 0 saturated heterocycles. The third-order valence-corrected chi connectivity index (χ3v) is 2.64. The third-order valence-electron chi connectivity index (χ3n) is 2.64. The minimum Gasteiger partial charge on any atom is -0.0766 e. The molecule has 0 fully saturated rings. The monoisotopic (exact) mass is 184 g/mol. The van der Waals surface area contributed by atoms with Gasteiger partial charge < -0.3 is 0 Å². The average Bonchev–Trinajstić information content (AvgIpc) is 2.63. The highest BCUT2D eigenvalue weighted by Gasteiger charge is 2.07. The van der Waals surface area contributed by atoms with Crippen LogP contribution < -0.4 is 0 Å². The van der Waals surface area contributed by atoms with Crippen LogP contribution in [-0.2, 0) is 0 Å². The molecule has 0 nitrogen and oxygen atoms in total. The summed E-state index contributed by atoms with van der Waals surface area (Å²) in [5, 5.41) is 0. The van der Waals surface area contributed by atoms with E-state index in [-0.39, 0.29) is 0 Å². The first-order chi connectivity index (χ1) is 6.92. The fourth-order valence-electron chi connectivity index (χ4n) is 1.81. The van der Waals surface area contributed by atoms with E-state index in [0.29, 0.717) is 0 Å². The van der Waals surface area contributed by atoms with Gasteiger partial charge in [-0.15, -0.1) is 0 Å². The average molecular weight is 184 g/mol. The van der Waals surface area contributed by atoms with Gasteiger partial charge in [0.25, 0.3) is 0 Å². The fourth-order valence-corrected chi connectivity index (χ4v) is 1.81. The summed E-state index contributed by atoms with van der Waals surface area (Å²) < 4.78 is 0. The maximum Gasteiger partial charge on any atom is -0.0115 e. The number of allylic oxidation sites excluding steroid dienone is 3. The highest BCUT2D eigenvalue weighted by Crippen LogP contribution is 2.29. The molecule has 0 bridgehead atoms. The highest BCUT2D eigenvalue weighted by molar-refractivity contribution is 5.89. The molecule has 0 atom stereocenters. The maximum atomic E-state index is 2.35. The number of hydrogen-bond donors (Lipinski definition) is 0. The lowest BCUT2D eigenvalue weighted by Gasteiger charge is -2.00. The summed E-state index contributed by atoms with van der Waals surface area (Å²) in [5.41, 5.74) is 4.15. The zero-order valence-electron chi connectivity index (χ0n) is 8.66. The van der Waals surface area contributed by atoms with E-state index in [1.165, 1.54) is 36.0 Å². The van der Waals surface area contributed by atoms with Crippen molar-refractivity contribution in [2.24, 2.45) is 0 Å². The molecular formula is C14H16. The summed E-state index contributed by atoms with van der Waals surface area (Å²) in [6.07, 6.45) is 10.5. The largest absolute Gasteiger partial charge is 0.0766 e. The van der Waals surface area contributed by atoms with Gasteiger partial charge in [0.2, 0.25) is 0 Å². The molecule has 0 radical (unpaired) electrons. The molecule has 0 heterocycles. The topological polar surface area (TPSA) is 0 Å². The van der Waals surface area contributed by atoms with Gasteiger partial charge in [0.1, 0.15) is 0 Å². The van der Waals surface area contributed by atoms with Crippen LogP contribution in [0.4, 0.5) is 0 Å². The molecule has 0 amide bonds. The Morgan fingerprint density at radius 2 is 2.00 bits per heavy atom. The molecular weight excluding hydrogens is 168 g/mol. The lowest BCUT2D eigenvalue weighted by Crippen LogP contribution is -1.79. The molecule has 0 spiro atoms. The second-order valence-electron chi connectivity index (χ2n) is 3.72. The molecule has 0 unspecified atom stereocenters. The van der Waals surface area contributed by atoms with Crippen molar-refractivity contribution in [3.8, 4) is 0 Å². The van der Waals surface area contributed by atoms with Crippen molar-refractivity contribution in [2.75, 3.05) is 0 Å². The van der Waals surface area contributed by atoms with E-state index in [2.05, 4.69) is 49.4 Å². The summed E-state index contributed by atoms with van der Waals surface area (Å²) >= 11 is 0. The van der Waals surface area contributed by atoms with E-state index < -0.39 is 0 Å². The van der Waals surface area contributed by atoms with E-state index in [1.54, 1.807) is 0 Å². The quantitative estimate of drug-likeness (QED) is 0.615. The molecule has 1 aromatic carbocycles. The van der Waals surface area contributed by atoms with Gasteiger partial charge in [-0.25, -0.2) is 0 Å². The van der Waals surface area contributed by atoms with Gasteiger partial charge in [0.05, 0.1) is 0 Å². The normalized spacial score (nSPS) is 16.2. The number of unbranched alkanes of at least 4 members (excludes halogenated alkanes) is 2. The van der Waals surface area contributed by atoms with Crippen LogP contribution in [0.5, 0.6) is 0 Å². The molecule has 1 aliphatic rings. The summed E-state index contributed by atoms with van der Waals surface area (Å²) in [7, 11) is 0. The molecule has 1 aliphatic carbocycles. The molecule has 1 aromatic rings. The van der Waals surface area contributed by atoms with Crippen LogP contribution in [0.2, 0.25) is 0 Å².